The lowest BCUT2D eigenvalue weighted by molar-refractivity contribution is -0.0469. The van der Waals surface area contributed by atoms with Crippen LogP contribution in [0.5, 0.6) is 0 Å². The van der Waals surface area contributed by atoms with Gasteiger partial charge < -0.3 is 10.1 Å². The monoisotopic (exact) mass is 253 g/mol. The van der Waals surface area contributed by atoms with Crippen LogP contribution in [0.1, 0.15) is 59.8 Å². The predicted octanol–water partition coefficient (Wildman–Crippen LogP) is 3.61. The summed E-state index contributed by atoms with van der Waals surface area (Å²) in [5.74, 6) is 0.894. The maximum absolute atomic E-state index is 6.22. The van der Waals surface area contributed by atoms with Gasteiger partial charge in [0.1, 0.15) is 0 Å². The SMILES string of the molecule is CCCNCCCOC1CC2CCC1(C)C2(C)C. The van der Waals surface area contributed by atoms with Crippen LogP contribution in [0.2, 0.25) is 0 Å². The molecule has 0 spiro atoms. The zero-order valence-corrected chi connectivity index (χ0v) is 12.7. The van der Waals surface area contributed by atoms with Crippen LogP contribution in [0.4, 0.5) is 0 Å². The van der Waals surface area contributed by atoms with E-state index in [0.29, 0.717) is 16.9 Å². The highest BCUT2D eigenvalue weighted by Crippen LogP contribution is 2.66. The topological polar surface area (TPSA) is 21.3 Å². The Morgan fingerprint density at radius 1 is 1.22 bits per heavy atom. The highest BCUT2D eigenvalue weighted by molar-refractivity contribution is 5.11. The average molecular weight is 253 g/mol. The molecule has 0 saturated heterocycles. The molecule has 2 nitrogen and oxygen atoms in total. The summed E-state index contributed by atoms with van der Waals surface area (Å²) in [7, 11) is 0. The van der Waals surface area contributed by atoms with Gasteiger partial charge in [0, 0.05) is 6.61 Å². The minimum Gasteiger partial charge on any atom is -0.378 e. The fraction of sp³-hybridized carbons (Fsp3) is 1.00. The van der Waals surface area contributed by atoms with Gasteiger partial charge in [-0.2, -0.15) is 0 Å². The second-order valence-corrected chi connectivity index (χ2v) is 7.07. The normalized spacial score (nSPS) is 37.3. The Bertz CT molecular complexity index is 276. The molecule has 2 bridgehead atoms. The van der Waals surface area contributed by atoms with Crippen LogP contribution in [-0.2, 0) is 4.74 Å². The van der Waals surface area contributed by atoms with Gasteiger partial charge >= 0.3 is 0 Å². The maximum Gasteiger partial charge on any atom is 0.0636 e. The van der Waals surface area contributed by atoms with Crippen LogP contribution >= 0.6 is 0 Å². The average Bonchev–Trinajstić information content (AvgIpc) is 2.66. The number of ether oxygens (including phenoxy) is 1. The minimum absolute atomic E-state index is 0.425. The summed E-state index contributed by atoms with van der Waals surface area (Å²) in [5, 5.41) is 3.44. The first-order valence-electron chi connectivity index (χ1n) is 7.84. The molecule has 0 aromatic rings. The van der Waals surface area contributed by atoms with Gasteiger partial charge in [-0.25, -0.2) is 0 Å². The zero-order valence-electron chi connectivity index (χ0n) is 12.7. The third-order valence-electron chi connectivity index (χ3n) is 5.96. The van der Waals surface area contributed by atoms with Gasteiger partial charge in [-0.1, -0.05) is 27.7 Å². The molecule has 2 aliphatic rings. The van der Waals surface area contributed by atoms with Gasteiger partial charge in [0.15, 0.2) is 0 Å². The molecular weight excluding hydrogens is 222 g/mol. The van der Waals surface area contributed by atoms with E-state index in [9.17, 15) is 0 Å². The lowest BCUT2D eigenvalue weighted by Gasteiger charge is -2.39. The third-order valence-corrected chi connectivity index (χ3v) is 5.96. The van der Waals surface area contributed by atoms with Crippen LogP contribution in [0.25, 0.3) is 0 Å². The maximum atomic E-state index is 6.22. The van der Waals surface area contributed by atoms with Crippen molar-refractivity contribution in [2.75, 3.05) is 19.7 Å². The van der Waals surface area contributed by atoms with E-state index in [-0.39, 0.29) is 0 Å². The third kappa shape index (κ3) is 2.34. The highest BCUT2D eigenvalue weighted by Gasteiger charge is 2.61. The number of fused-ring (bicyclic) bond motifs is 2. The van der Waals surface area contributed by atoms with Crippen molar-refractivity contribution in [3.8, 4) is 0 Å². The second-order valence-electron chi connectivity index (χ2n) is 7.07. The molecule has 2 heteroatoms. The summed E-state index contributed by atoms with van der Waals surface area (Å²) in [6.45, 7) is 12.7. The van der Waals surface area contributed by atoms with Crippen molar-refractivity contribution >= 4 is 0 Å². The van der Waals surface area contributed by atoms with Crippen LogP contribution in [-0.4, -0.2) is 25.8 Å². The summed E-state index contributed by atoms with van der Waals surface area (Å²) in [6, 6.07) is 0. The van der Waals surface area contributed by atoms with E-state index in [1.165, 1.54) is 25.7 Å². The molecular formula is C16H31NO. The largest absolute Gasteiger partial charge is 0.378 e. The molecule has 0 aliphatic heterocycles. The Kier molecular flexibility index (Phi) is 4.38. The lowest BCUT2D eigenvalue weighted by Crippen LogP contribution is -2.37. The number of hydrogen-bond donors (Lipinski definition) is 1. The van der Waals surface area contributed by atoms with Crippen molar-refractivity contribution in [1.82, 2.24) is 5.32 Å². The van der Waals surface area contributed by atoms with Crippen molar-refractivity contribution in [3.63, 3.8) is 0 Å². The standard InChI is InChI=1S/C16H31NO/c1-5-9-17-10-6-11-18-14-12-13-7-8-16(14,4)15(13,2)3/h13-14,17H,5-12H2,1-4H3. The molecule has 2 aliphatic carbocycles. The molecule has 1 N–H and O–H groups in total. The molecule has 2 rings (SSSR count). The highest BCUT2D eigenvalue weighted by atomic mass is 16.5. The van der Waals surface area contributed by atoms with Crippen molar-refractivity contribution in [2.45, 2.75) is 65.9 Å². The molecule has 3 atom stereocenters. The Hall–Kier alpha value is -0.0800. The van der Waals surface area contributed by atoms with Crippen molar-refractivity contribution < 1.29 is 4.74 Å². The summed E-state index contributed by atoms with van der Waals surface area (Å²) in [4.78, 5) is 0. The van der Waals surface area contributed by atoms with E-state index in [4.69, 9.17) is 4.74 Å². The molecule has 0 heterocycles. The molecule has 18 heavy (non-hydrogen) atoms. The van der Waals surface area contributed by atoms with Gasteiger partial charge in [0.2, 0.25) is 0 Å². The minimum atomic E-state index is 0.425. The van der Waals surface area contributed by atoms with Crippen molar-refractivity contribution in [2.24, 2.45) is 16.7 Å². The summed E-state index contributed by atoms with van der Waals surface area (Å²) in [6.07, 6.45) is 6.96. The molecule has 0 aromatic carbocycles. The molecule has 2 saturated carbocycles. The quantitative estimate of drug-likeness (QED) is 0.700. The molecule has 0 amide bonds. The fourth-order valence-corrected chi connectivity index (χ4v) is 4.11. The van der Waals surface area contributed by atoms with Crippen molar-refractivity contribution in [3.05, 3.63) is 0 Å². The first-order valence-corrected chi connectivity index (χ1v) is 7.84. The van der Waals surface area contributed by atoms with E-state index in [0.717, 1.165) is 32.0 Å². The van der Waals surface area contributed by atoms with Crippen LogP contribution in [0, 0.1) is 16.7 Å². The second kappa shape index (κ2) is 5.50. The van der Waals surface area contributed by atoms with Crippen molar-refractivity contribution in [1.29, 1.82) is 0 Å². The molecule has 2 fully saturated rings. The van der Waals surface area contributed by atoms with Crippen LogP contribution < -0.4 is 5.32 Å². The fourth-order valence-electron chi connectivity index (χ4n) is 4.11. The number of rotatable bonds is 7. The van der Waals surface area contributed by atoms with Gasteiger partial charge in [-0.05, 0) is 61.9 Å². The van der Waals surface area contributed by atoms with Gasteiger partial charge in [0.25, 0.3) is 0 Å². The Morgan fingerprint density at radius 2 is 2.00 bits per heavy atom. The lowest BCUT2D eigenvalue weighted by atomic mass is 9.70. The molecule has 106 valence electrons. The van der Waals surface area contributed by atoms with E-state index in [1.807, 2.05) is 0 Å². The predicted molar refractivity (Wildman–Crippen MR) is 76.7 cm³/mol. The zero-order chi connectivity index (χ0) is 13.2. The summed E-state index contributed by atoms with van der Waals surface area (Å²) in [5.41, 5.74) is 0.909. The van der Waals surface area contributed by atoms with Crippen LogP contribution in [0.3, 0.4) is 0 Å². The van der Waals surface area contributed by atoms with Crippen LogP contribution in [0.15, 0.2) is 0 Å². The van der Waals surface area contributed by atoms with Gasteiger partial charge in [0.05, 0.1) is 6.10 Å². The van der Waals surface area contributed by atoms with E-state index in [2.05, 4.69) is 33.0 Å². The molecule has 0 radical (unpaired) electrons. The number of nitrogens with one attached hydrogen (secondary N) is 1. The van der Waals surface area contributed by atoms with E-state index < -0.39 is 0 Å². The smallest absolute Gasteiger partial charge is 0.0636 e. The van der Waals surface area contributed by atoms with Gasteiger partial charge in [-0.15, -0.1) is 0 Å². The Balaban J connectivity index is 1.72. The number of hydrogen-bond acceptors (Lipinski definition) is 2. The summed E-state index contributed by atoms with van der Waals surface area (Å²) >= 11 is 0. The van der Waals surface area contributed by atoms with E-state index >= 15 is 0 Å². The van der Waals surface area contributed by atoms with E-state index in [1.54, 1.807) is 0 Å². The molecule has 3 unspecified atom stereocenters. The first kappa shape index (κ1) is 14.3. The first-order chi connectivity index (χ1) is 8.52. The molecule has 0 aromatic heterocycles. The Labute approximate surface area is 113 Å². The summed E-state index contributed by atoms with van der Waals surface area (Å²) < 4.78 is 6.22. The van der Waals surface area contributed by atoms with Gasteiger partial charge in [-0.3, -0.25) is 0 Å². The Morgan fingerprint density at radius 3 is 2.56 bits per heavy atom.